The predicted octanol–water partition coefficient (Wildman–Crippen LogP) is 3.86. The SMILES string of the molecule is O=C1COc2cc(NC(=O)c3sccc3C3CC3)c(Cl)cc2N1. The van der Waals surface area contributed by atoms with Gasteiger partial charge in [-0.1, -0.05) is 11.6 Å². The van der Waals surface area contributed by atoms with Crippen molar-refractivity contribution < 1.29 is 14.3 Å². The Kier molecular flexibility index (Phi) is 3.50. The van der Waals surface area contributed by atoms with E-state index in [0.717, 1.165) is 23.3 Å². The number of amides is 2. The molecule has 2 heterocycles. The van der Waals surface area contributed by atoms with Crippen molar-refractivity contribution in [3.63, 3.8) is 0 Å². The van der Waals surface area contributed by atoms with Gasteiger partial charge in [0.2, 0.25) is 0 Å². The molecule has 0 bridgehead atoms. The molecule has 5 nitrogen and oxygen atoms in total. The molecule has 0 radical (unpaired) electrons. The van der Waals surface area contributed by atoms with Gasteiger partial charge in [0, 0.05) is 6.07 Å². The van der Waals surface area contributed by atoms with E-state index in [1.54, 1.807) is 12.1 Å². The van der Waals surface area contributed by atoms with Crippen LogP contribution in [-0.2, 0) is 4.79 Å². The number of nitrogens with one attached hydrogen (secondary N) is 2. The molecule has 118 valence electrons. The molecular weight excluding hydrogens is 336 g/mol. The molecule has 2 aliphatic rings. The van der Waals surface area contributed by atoms with Crippen LogP contribution >= 0.6 is 22.9 Å². The molecule has 1 aromatic carbocycles. The lowest BCUT2D eigenvalue weighted by atomic mass is 10.1. The first-order valence-corrected chi connectivity index (χ1v) is 8.52. The smallest absolute Gasteiger partial charge is 0.266 e. The number of carbonyl (C=O) groups excluding carboxylic acids is 2. The summed E-state index contributed by atoms with van der Waals surface area (Å²) < 4.78 is 5.36. The summed E-state index contributed by atoms with van der Waals surface area (Å²) in [6.07, 6.45) is 2.29. The Morgan fingerprint density at radius 3 is 3.00 bits per heavy atom. The third kappa shape index (κ3) is 2.80. The van der Waals surface area contributed by atoms with Crippen LogP contribution in [0.25, 0.3) is 0 Å². The van der Waals surface area contributed by atoms with E-state index in [-0.39, 0.29) is 18.4 Å². The minimum absolute atomic E-state index is 0.0429. The number of hydrogen-bond acceptors (Lipinski definition) is 4. The Morgan fingerprint density at radius 2 is 2.22 bits per heavy atom. The molecule has 0 unspecified atom stereocenters. The highest BCUT2D eigenvalue weighted by atomic mass is 35.5. The minimum Gasteiger partial charge on any atom is -0.482 e. The molecule has 1 aromatic heterocycles. The van der Waals surface area contributed by atoms with Crippen molar-refractivity contribution in [2.75, 3.05) is 17.2 Å². The largest absolute Gasteiger partial charge is 0.482 e. The Morgan fingerprint density at radius 1 is 1.39 bits per heavy atom. The average Bonchev–Trinajstić information content (AvgIpc) is 3.25. The molecule has 1 fully saturated rings. The van der Waals surface area contributed by atoms with Crippen molar-refractivity contribution in [2.24, 2.45) is 0 Å². The summed E-state index contributed by atoms with van der Waals surface area (Å²) in [6.45, 7) is -0.0429. The standard InChI is InChI=1S/C16H13ClN2O3S/c17-10-5-12-13(22-7-14(20)18-12)6-11(10)19-16(21)15-9(3-4-23-15)8-1-2-8/h3-6,8H,1-2,7H2,(H,18,20)(H,19,21). The summed E-state index contributed by atoms with van der Waals surface area (Å²) >= 11 is 7.65. The van der Waals surface area contributed by atoms with E-state index in [0.29, 0.717) is 28.1 Å². The number of thiophene rings is 1. The zero-order chi connectivity index (χ0) is 16.0. The highest BCUT2D eigenvalue weighted by Crippen LogP contribution is 2.43. The third-order valence-corrected chi connectivity index (χ3v) is 5.11. The van der Waals surface area contributed by atoms with E-state index in [2.05, 4.69) is 10.6 Å². The van der Waals surface area contributed by atoms with Gasteiger partial charge in [-0.3, -0.25) is 9.59 Å². The predicted molar refractivity (Wildman–Crippen MR) is 89.8 cm³/mol. The van der Waals surface area contributed by atoms with Crippen molar-refractivity contribution in [1.82, 2.24) is 0 Å². The maximum atomic E-state index is 12.5. The zero-order valence-corrected chi connectivity index (χ0v) is 13.6. The topological polar surface area (TPSA) is 67.4 Å². The zero-order valence-electron chi connectivity index (χ0n) is 12.0. The Balaban J connectivity index is 1.60. The molecule has 0 atom stereocenters. The molecule has 4 rings (SSSR count). The number of hydrogen-bond donors (Lipinski definition) is 2. The molecule has 2 amide bonds. The van der Waals surface area contributed by atoms with Crippen LogP contribution < -0.4 is 15.4 Å². The summed E-state index contributed by atoms with van der Waals surface area (Å²) in [4.78, 5) is 24.6. The van der Waals surface area contributed by atoms with Crippen molar-refractivity contribution in [3.05, 3.63) is 39.0 Å². The molecule has 2 aromatic rings. The van der Waals surface area contributed by atoms with Gasteiger partial charge in [0.25, 0.3) is 11.8 Å². The molecular formula is C16H13ClN2O3S. The number of carbonyl (C=O) groups is 2. The number of benzene rings is 1. The van der Waals surface area contributed by atoms with E-state index in [1.165, 1.54) is 11.3 Å². The second-order valence-electron chi connectivity index (χ2n) is 5.60. The van der Waals surface area contributed by atoms with Gasteiger partial charge < -0.3 is 15.4 Å². The lowest BCUT2D eigenvalue weighted by Gasteiger charge is -2.19. The lowest BCUT2D eigenvalue weighted by Crippen LogP contribution is -2.25. The second kappa shape index (κ2) is 5.54. The summed E-state index contributed by atoms with van der Waals surface area (Å²) in [7, 11) is 0. The molecule has 1 aliphatic carbocycles. The fourth-order valence-corrected chi connectivity index (χ4v) is 3.68. The first kappa shape index (κ1) is 14.5. The third-order valence-electron chi connectivity index (χ3n) is 3.87. The quantitative estimate of drug-likeness (QED) is 0.885. The van der Waals surface area contributed by atoms with Gasteiger partial charge in [-0.15, -0.1) is 11.3 Å². The monoisotopic (exact) mass is 348 g/mol. The fourth-order valence-electron chi connectivity index (χ4n) is 2.59. The van der Waals surface area contributed by atoms with E-state index in [4.69, 9.17) is 16.3 Å². The summed E-state index contributed by atoms with van der Waals surface area (Å²) in [5.41, 5.74) is 2.10. The molecule has 2 N–H and O–H groups in total. The van der Waals surface area contributed by atoms with Crippen LogP contribution in [0.3, 0.4) is 0 Å². The van der Waals surface area contributed by atoms with Gasteiger partial charge in [0.1, 0.15) is 5.75 Å². The van der Waals surface area contributed by atoms with Crippen LogP contribution in [0.2, 0.25) is 5.02 Å². The van der Waals surface area contributed by atoms with Gasteiger partial charge >= 0.3 is 0 Å². The van der Waals surface area contributed by atoms with Crippen LogP contribution in [0.15, 0.2) is 23.6 Å². The van der Waals surface area contributed by atoms with Crippen molar-refractivity contribution in [3.8, 4) is 5.75 Å². The summed E-state index contributed by atoms with van der Waals surface area (Å²) in [5.74, 6) is 0.624. The van der Waals surface area contributed by atoms with Gasteiger partial charge in [-0.05, 0) is 41.8 Å². The maximum Gasteiger partial charge on any atom is 0.266 e. The first-order valence-electron chi connectivity index (χ1n) is 7.27. The highest BCUT2D eigenvalue weighted by Gasteiger charge is 2.29. The second-order valence-corrected chi connectivity index (χ2v) is 6.92. The van der Waals surface area contributed by atoms with E-state index in [1.807, 2.05) is 11.4 Å². The van der Waals surface area contributed by atoms with Crippen LogP contribution in [-0.4, -0.2) is 18.4 Å². The van der Waals surface area contributed by atoms with Gasteiger partial charge in [-0.2, -0.15) is 0 Å². The number of rotatable bonds is 3. The lowest BCUT2D eigenvalue weighted by molar-refractivity contribution is -0.118. The van der Waals surface area contributed by atoms with Crippen molar-refractivity contribution in [2.45, 2.75) is 18.8 Å². The van der Waals surface area contributed by atoms with E-state index in [9.17, 15) is 9.59 Å². The molecule has 0 saturated heterocycles. The molecule has 1 saturated carbocycles. The summed E-state index contributed by atoms with van der Waals surface area (Å²) in [6, 6.07) is 5.24. The normalized spacial score (nSPS) is 16.3. The van der Waals surface area contributed by atoms with E-state index < -0.39 is 0 Å². The van der Waals surface area contributed by atoms with Gasteiger partial charge in [0.05, 0.1) is 21.3 Å². The number of halogens is 1. The Labute approximate surface area is 141 Å². The number of anilines is 2. The molecule has 7 heteroatoms. The average molecular weight is 349 g/mol. The van der Waals surface area contributed by atoms with E-state index >= 15 is 0 Å². The summed E-state index contributed by atoms with van der Waals surface area (Å²) in [5, 5.41) is 7.82. The van der Waals surface area contributed by atoms with Crippen LogP contribution in [0.4, 0.5) is 11.4 Å². The van der Waals surface area contributed by atoms with Crippen LogP contribution in [0.5, 0.6) is 5.75 Å². The maximum absolute atomic E-state index is 12.5. The fraction of sp³-hybridized carbons (Fsp3) is 0.250. The van der Waals surface area contributed by atoms with Gasteiger partial charge in [0.15, 0.2) is 6.61 Å². The Hall–Kier alpha value is -2.05. The van der Waals surface area contributed by atoms with Crippen molar-refractivity contribution >= 4 is 46.1 Å². The Bertz CT molecular complexity index is 814. The van der Waals surface area contributed by atoms with Crippen LogP contribution in [0.1, 0.15) is 34.0 Å². The van der Waals surface area contributed by atoms with Crippen LogP contribution in [0, 0.1) is 0 Å². The molecule has 23 heavy (non-hydrogen) atoms. The minimum atomic E-state index is -0.224. The highest BCUT2D eigenvalue weighted by molar-refractivity contribution is 7.12. The number of fused-ring (bicyclic) bond motifs is 1. The molecule has 1 aliphatic heterocycles. The molecule has 0 spiro atoms. The first-order chi connectivity index (χ1) is 11.1. The van der Waals surface area contributed by atoms with Gasteiger partial charge in [-0.25, -0.2) is 0 Å². The number of ether oxygens (including phenoxy) is 1. The van der Waals surface area contributed by atoms with Crippen molar-refractivity contribution in [1.29, 1.82) is 0 Å².